The molecule has 0 saturated heterocycles. The van der Waals surface area contributed by atoms with E-state index >= 15 is 0 Å². The molecule has 0 atom stereocenters. The molecule has 0 unspecified atom stereocenters. The first kappa shape index (κ1) is 16.6. The highest BCUT2D eigenvalue weighted by Crippen LogP contribution is 2.29. The maximum absolute atomic E-state index is 11.9. The van der Waals surface area contributed by atoms with Crippen LogP contribution in [0.4, 0.5) is 0 Å². The van der Waals surface area contributed by atoms with Crippen molar-refractivity contribution in [2.75, 3.05) is 7.11 Å². The fraction of sp³-hybridized carbons (Fsp3) is 0.294. The molecule has 1 heterocycles. The van der Waals surface area contributed by atoms with Crippen molar-refractivity contribution in [2.24, 2.45) is 14.1 Å². The molecule has 2 rings (SSSR count). The van der Waals surface area contributed by atoms with Crippen LogP contribution < -0.4 is 20.7 Å². The first-order valence-electron chi connectivity index (χ1n) is 7.17. The van der Waals surface area contributed by atoms with Gasteiger partial charge in [-0.2, -0.15) is 0 Å². The van der Waals surface area contributed by atoms with Crippen molar-refractivity contribution < 1.29 is 9.47 Å². The van der Waals surface area contributed by atoms with Crippen molar-refractivity contribution in [2.45, 2.75) is 13.5 Å². The van der Waals surface area contributed by atoms with Gasteiger partial charge in [-0.05, 0) is 24.6 Å². The van der Waals surface area contributed by atoms with Gasteiger partial charge in [-0.3, -0.25) is 13.9 Å². The van der Waals surface area contributed by atoms with Crippen LogP contribution in [0.2, 0.25) is 0 Å². The minimum atomic E-state index is -0.383. The van der Waals surface area contributed by atoms with E-state index in [2.05, 4.69) is 0 Å². The predicted octanol–water partition coefficient (Wildman–Crippen LogP) is 1.70. The molecule has 6 nitrogen and oxygen atoms in total. The van der Waals surface area contributed by atoms with Gasteiger partial charge >= 0.3 is 5.69 Å². The summed E-state index contributed by atoms with van der Waals surface area (Å²) in [6.07, 6.45) is 3.89. The maximum atomic E-state index is 11.9. The lowest BCUT2D eigenvalue weighted by Gasteiger charge is -2.13. The van der Waals surface area contributed by atoms with Gasteiger partial charge in [0.15, 0.2) is 11.5 Å². The molecule has 1 aromatic carbocycles. The smallest absolute Gasteiger partial charge is 0.330 e. The quantitative estimate of drug-likeness (QED) is 0.842. The lowest BCUT2D eigenvalue weighted by Crippen LogP contribution is -2.38. The van der Waals surface area contributed by atoms with Gasteiger partial charge in [-0.15, -0.1) is 0 Å². The van der Waals surface area contributed by atoms with Crippen LogP contribution in [0.15, 0.2) is 39.9 Å². The summed E-state index contributed by atoms with van der Waals surface area (Å²) in [6.45, 7) is 2.04. The average Bonchev–Trinajstić information content (AvgIpc) is 2.56. The zero-order valence-corrected chi connectivity index (χ0v) is 13.7. The second-order valence-electron chi connectivity index (χ2n) is 5.07. The molecule has 2 aromatic rings. The average molecular weight is 316 g/mol. The highest BCUT2D eigenvalue weighted by atomic mass is 16.5. The summed E-state index contributed by atoms with van der Waals surface area (Å²) in [6, 6.07) is 6.95. The van der Waals surface area contributed by atoms with Crippen molar-refractivity contribution >= 4 is 6.08 Å². The van der Waals surface area contributed by atoms with Gasteiger partial charge < -0.3 is 9.47 Å². The fourth-order valence-electron chi connectivity index (χ4n) is 2.17. The van der Waals surface area contributed by atoms with Crippen molar-refractivity contribution in [3.8, 4) is 11.5 Å². The Bertz CT molecular complexity index is 847. The van der Waals surface area contributed by atoms with Gasteiger partial charge in [-0.25, -0.2) is 4.79 Å². The Kier molecular flexibility index (Phi) is 5.05. The van der Waals surface area contributed by atoms with E-state index in [1.807, 2.05) is 31.2 Å². The minimum absolute atomic E-state index is 0.0984. The summed E-state index contributed by atoms with van der Waals surface area (Å²) in [5.74, 6) is 1.14. The molecule has 0 aliphatic carbocycles. The Balaban J connectivity index is 2.28. The van der Waals surface area contributed by atoms with E-state index in [1.165, 1.54) is 17.7 Å². The van der Waals surface area contributed by atoms with Crippen LogP contribution in [0.25, 0.3) is 6.08 Å². The second kappa shape index (κ2) is 7.00. The molecule has 23 heavy (non-hydrogen) atoms. The molecule has 0 amide bonds. The molecule has 6 heteroatoms. The number of aromatic nitrogens is 2. The third-order valence-electron chi connectivity index (χ3n) is 3.55. The Morgan fingerprint density at radius 3 is 2.48 bits per heavy atom. The number of nitrogens with zero attached hydrogens (tertiary/aromatic N) is 2. The molecule has 0 aliphatic rings. The highest BCUT2D eigenvalue weighted by Gasteiger charge is 2.09. The minimum Gasteiger partial charge on any atom is -0.493 e. The Labute approximate surface area is 134 Å². The monoisotopic (exact) mass is 316 g/mol. The van der Waals surface area contributed by atoms with Gasteiger partial charge in [0.1, 0.15) is 6.61 Å². The SMILES string of the molecule is C/C=C/c1ccc(OCc2cc(=O)n(C)c(=O)n2C)c(OC)c1. The lowest BCUT2D eigenvalue weighted by molar-refractivity contribution is 0.274. The van der Waals surface area contributed by atoms with Crippen molar-refractivity contribution in [1.29, 1.82) is 0 Å². The van der Waals surface area contributed by atoms with Crippen LogP contribution in [0.1, 0.15) is 18.2 Å². The molecule has 0 saturated carbocycles. The van der Waals surface area contributed by atoms with Crippen LogP contribution in [-0.4, -0.2) is 16.2 Å². The van der Waals surface area contributed by atoms with E-state index < -0.39 is 0 Å². The van der Waals surface area contributed by atoms with Gasteiger partial charge in [0.2, 0.25) is 0 Å². The summed E-state index contributed by atoms with van der Waals surface area (Å²) in [5, 5.41) is 0. The standard InChI is InChI=1S/C17H20N2O4/c1-5-6-12-7-8-14(15(9-12)22-4)23-11-13-10-16(20)19(3)17(21)18(13)2/h5-10H,11H2,1-4H3/b6-5+. The van der Waals surface area contributed by atoms with E-state index in [9.17, 15) is 9.59 Å². The molecular weight excluding hydrogens is 296 g/mol. The van der Waals surface area contributed by atoms with Crippen molar-refractivity contribution in [3.05, 3.63) is 62.4 Å². The summed E-state index contributed by atoms with van der Waals surface area (Å²) in [7, 11) is 4.61. The number of rotatable bonds is 5. The van der Waals surface area contributed by atoms with Crippen LogP contribution in [0, 0.1) is 0 Å². The van der Waals surface area contributed by atoms with Gasteiger partial charge in [0.05, 0.1) is 12.8 Å². The van der Waals surface area contributed by atoms with E-state index in [0.717, 1.165) is 10.1 Å². The Hall–Kier alpha value is -2.76. The van der Waals surface area contributed by atoms with Crippen molar-refractivity contribution in [1.82, 2.24) is 9.13 Å². The fourth-order valence-corrected chi connectivity index (χ4v) is 2.17. The van der Waals surface area contributed by atoms with Crippen LogP contribution >= 0.6 is 0 Å². The van der Waals surface area contributed by atoms with Crippen LogP contribution in [-0.2, 0) is 20.7 Å². The normalized spacial score (nSPS) is 11.0. The van der Waals surface area contributed by atoms with Gasteiger partial charge in [0, 0.05) is 20.2 Å². The molecular formula is C17H20N2O4. The van der Waals surface area contributed by atoms with Gasteiger partial charge in [-0.1, -0.05) is 18.2 Å². The lowest BCUT2D eigenvalue weighted by atomic mass is 10.2. The maximum Gasteiger partial charge on any atom is 0.330 e. The third-order valence-corrected chi connectivity index (χ3v) is 3.55. The first-order valence-corrected chi connectivity index (χ1v) is 7.17. The largest absolute Gasteiger partial charge is 0.493 e. The van der Waals surface area contributed by atoms with Crippen molar-refractivity contribution in [3.63, 3.8) is 0 Å². The number of allylic oxidation sites excluding steroid dienone is 1. The number of benzene rings is 1. The first-order chi connectivity index (χ1) is 11.0. The predicted molar refractivity (Wildman–Crippen MR) is 89.0 cm³/mol. The second-order valence-corrected chi connectivity index (χ2v) is 5.07. The Morgan fingerprint density at radius 1 is 1.09 bits per heavy atom. The molecule has 0 bridgehead atoms. The van der Waals surface area contributed by atoms with Gasteiger partial charge in [0.25, 0.3) is 5.56 Å². The van der Waals surface area contributed by atoms with E-state index in [4.69, 9.17) is 9.47 Å². The molecule has 0 fully saturated rings. The molecule has 1 aromatic heterocycles. The van der Waals surface area contributed by atoms with Crippen LogP contribution in [0.5, 0.6) is 11.5 Å². The molecule has 0 aliphatic heterocycles. The molecule has 0 radical (unpaired) electrons. The zero-order valence-electron chi connectivity index (χ0n) is 13.7. The van der Waals surface area contributed by atoms with Crippen LogP contribution in [0.3, 0.4) is 0 Å². The number of hydrogen-bond donors (Lipinski definition) is 0. The van der Waals surface area contributed by atoms with E-state index in [1.54, 1.807) is 20.2 Å². The summed E-state index contributed by atoms with van der Waals surface area (Å²) in [5.41, 5.74) is 0.754. The number of ether oxygens (including phenoxy) is 2. The molecule has 122 valence electrons. The number of hydrogen-bond acceptors (Lipinski definition) is 4. The zero-order chi connectivity index (χ0) is 17.0. The molecule has 0 N–H and O–H groups in total. The van der Waals surface area contributed by atoms with E-state index in [-0.39, 0.29) is 17.9 Å². The summed E-state index contributed by atoms with van der Waals surface area (Å²) in [4.78, 5) is 23.6. The Morgan fingerprint density at radius 2 is 1.83 bits per heavy atom. The molecule has 0 spiro atoms. The summed E-state index contributed by atoms with van der Waals surface area (Å²) < 4.78 is 13.5. The summed E-state index contributed by atoms with van der Waals surface area (Å²) >= 11 is 0. The van der Waals surface area contributed by atoms with E-state index in [0.29, 0.717) is 17.2 Å². The topological polar surface area (TPSA) is 62.5 Å². The highest BCUT2D eigenvalue weighted by molar-refractivity contribution is 5.55. The number of methoxy groups -OCH3 is 1. The third kappa shape index (κ3) is 3.53.